The van der Waals surface area contributed by atoms with E-state index in [9.17, 15) is 18.4 Å². The van der Waals surface area contributed by atoms with Crippen LogP contribution in [-0.4, -0.2) is 24.7 Å². The zero-order valence-electron chi connectivity index (χ0n) is 13.5. The minimum Gasteiger partial charge on any atom is -0.493 e. The number of aromatic nitrogens is 1. The third-order valence-electron chi connectivity index (χ3n) is 3.92. The van der Waals surface area contributed by atoms with Gasteiger partial charge in [0.1, 0.15) is 5.75 Å². The van der Waals surface area contributed by atoms with Crippen LogP contribution in [0.5, 0.6) is 17.2 Å². The molecule has 0 aliphatic carbocycles. The normalized spacial score (nSPS) is 16.4. The van der Waals surface area contributed by atoms with Crippen molar-refractivity contribution in [1.82, 2.24) is 4.98 Å². The number of pyridine rings is 1. The SMILES string of the molecule is COc1cc([C@@H]2CC(=O)Oc3cc(C)[nH]c(=O)c32)ccc1OC(F)F. The number of hydrogen-bond donors (Lipinski definition) is 1. The Hall–Kier alpha value is -2.90. The fourth-order valence-electron chi connectivity index (χ4n) is 2.90. The number of ether oxygens (including phenoxy) is 3. The van der Waals surface area contributed by atoms with Gasteiger partial charge >= 0.3 is 12.6 Å². The maximum Gasteiger partial charge on any atom is 0.387 e. The van der Waals surface area contributed by atoms with E-state index in [-0.39, 0.29) is 29.2 Å². The summed E-state index contributed by atoms with van der Waals surface area (Å²) in [7, 11) is 1.32. The molecule has 0 unspecified atom stereocenters. The van der Waals surface area contributed by atoms with Crippen molar-refractivity contribution in [2.75, 3.05) is 7.11 Å². The number of methoxy groups -OCH3 is 1. The smallest absolute Gasteiger partial charge is 0.387 e. The van der Waals surface area contributed by atoms with E-state index < -0.39 is 18.5 Å². The number of rotatable bonds is 4. The van der Waals surface area contributed by atoms with Crippen LogP contribution in [0.1, 0.15) is 29.2 Å². The van der Waals surface area contributed by atoms with E-state index in [1.165, 1.54) is 25.3 Å². The number of halogens is 2. The van der Waals surface area contributed by atoms with Crippen LogP contribution in [0.25, 0.3) is 0 Å². The Bertz CT molecular complexity index is 878. The number of carbonyl (C=O) groups excluding carboxylic acids is 1. The molecule has 0 saturated heterocycles. The van der Waals surface area contributed by atoms with E-state index in [1.807, 2.05) is 0 Å². The molecule has 0 saturated carbocycles. The number of benzene rings is 1. The molecule has 1 aromatic carbocycles. The second-order valence-corrected chi connectivity index (χ2v) is 5.58. The average molecular weight is 351 g/mol. The molecule has 1 aromatic heterocycles. The van der Waals surface area contributed by atoms with Crippen molar-refractivity contribution in [2.24, 2.45) is 0 Å². The van der Waals surface area contributed by atoms with Gasteiger partial charge in [0.25, 0.3) is 5.56 Å². The molecular formula is C17H15F2NO5. The molecule has 0 spiro atoms. The first kappa shape index (κ1) is 16.9. The van der Waals surface area contributed by atoms with E-state index >= 15 is 0 Å². The first-order valence-electron chi connectivity index (χ1n) is 7.46. The van der Waals surface area contributed by atoms with Gasteiger partial charge in [-0.05, 0) is 24.6 Å². The lowest BCUT2D eigenvalue weighted by atomic mass is 9.87. The van der Waals surface area contributed by atoms with Gasteiger partial charge in [-0.1, -0.05) is 6.07 Å². The van der Waals surface area contributed by atoms with E-state index in [2.05, 4.69) is 9.72 Å². The lowest BCUT2D eigenvalue weighted by Gasteiger charge is -2.24. The van der Waals surface area contributed by atoms with Gasteiger partial charge in [0.05, 0.1) is 19.1 Å². The van der Waals surface area contributed by atoms with Crippen LogP contribution >= 0.6 is 0 Å². The summed E-state index contributed by atoms with van der Waals surface area (Å²) in [5, 5.41) is 0. The van der Waals surface area contributed by atoms with E-state index in [0.29, 0.717) is 16.8 Å². The minimum atomic E-state index is -2.99. The molecule has 2 aromatic rings. The molecule has 1 aliphatic rings. The number of carbonyl (C=O) groups is 1. The average Bonchev–Trinajstić information content (AvgIpc) is 2.53. The van der Waals surface area contributed by atoms with Gasteiger partial charge in [0, 0.05) is 17.7 Å². The number of fused-ring (bicyclic) bond motifs is 1. The van der Waals surface area contributed by atoms with Gasteiger partial charge in [-0.3, -0.25) is 9.59 Å². The van der Waals surface area contributed by atoms with Crippen molar-refractivity contribution < 1.29 is 27.8 Å². The van der Waals surface area contributed by atoms with Crippen molar-refractivity contribution >= 4 is 5.97 Å². The van der Waals surface area contributed by atoms with Crippen molar-refractivity contribution in [2.45, 2.75) is 25.9 Å². The molecule has 0 radical (unpaired) electrons. The molecule has 8 heteroatoms. The molecule has 0 fully saturated rings. The summed E-state index contributed by atoms with van der Waals surface area (Å²) in [4.78, 5) is 26.9. The Balaban J connectivity index is 2.08. The van der Waals surface area contributed by atoms with E-state index in [1.54, 1.807) is 13.0 Å². The van der Waals surface area contributed by atoms with Crippen molar-refractivity contribution in [3.05, 3.63) is 51.4 Å². The fourth-order valence-corrected chi connectivity index (χ4v) is 2.90. The minimum absolute atomic E-state index is 0.0443. The number of aryl methyl sites for hydroxylation is 1. The first-order valence-corrected chi connectivity index (χ1v) is 7.46. The summed E-state index contributed by atoms with van der Waals surface area (Å²) >= 11 is 0. The summed E-state index contributed by atoms with van der Waals surface area (Å²) < 4.78 is 39.5. The fraction of sp³-hybridized carbons (Fsp3) is 0.294. The van der Waals surface area contributed by atoms with Gasteiger partial charge in [-0.15, -0.1) is 0 Å². The Morgan fingerprint density at radius 3 is 2.68 bits per heavy atom. The molecule has 1 atom stereocenters. The number of hydrogen-bond acceptors (Lipinski definition) is 5. The lowest BCUT2D eigenvalue weighted by Crippen LogP contribution is -2.28. The summed E-state index contributed by atoms with van der Waals surface area (Å²) in [5.74, 6) is -0.890. The Morgan fingerprint density at radius 1 is 1.24 bits per heavy atom. The third-order valence-corrected chi connectivity index (χ3v) is 3.92. The van der Waals surface area contributed by atoms with Gasteiger partial charge in [0.15, 0.2) is 11.5 Å². The van der Waals surface area contributed by atoms with E-state index in [4.69, 9.17) is 9.47 Å². The maximum absolute atomic E-state index is 12.4. The molecule has 3 rings (SSSR count). The van der Waals surface area contributed by atoms with Gasteiger partial charge in [0.2, 0.25) is 0 Å². The molecule has 0 bridgehead atoms. The highest BCUT2D eigenvalue weighted by atomic mass is 19.3. The van der Waals surface area contributed by atoms with Crippen molar-refractivity contribution in [3.8, 4) is 17.2 Å². The molecule has 1 aliphatic heterocycles. The van der Waals surface area contributed by atoms with Gasteiger partial charge in [-0.25, -0.2) is 0 Å². The van der Waals surface area contributed by atoms with Crippen LogP contribution in [-0.2, 0) is 4.79 Å². The number of alkyl halides is 2. The Labute approximate surface area is 141 Å². The number of esters is 1. The second-order valence-electron chi connectivity index (χ2n) is 5.58. The van der Waals surface area contributed by atoms with Crippen LogP contribution in [0.3, 0.4) is 0 Å². The standard InChI is InChI=1S/C17H15F2NO5/c1-8-5-13-15(16(22)20-8)10(7-14(21)24-13)9-3-4-11(25-17(18)19)12(6-9)23-2/h3-6,10,17H,7H2,1-2H3,(H,20,22)/t10-/m0/s1. The van der Waals surface area contributed by atoms with Crippen LogP contribution in [0.15, 0.2) is 29.1 Å². The molecule has 25 heavy (non-hydrogen) atoms. The number of aromatic amines is 1. The van der Waals surface area contributed by atoms with Gasteiger partial charge < -0.3 is 19.2 Å². The van der Waals surface area contributed by atoms with Crippen molar-refractivity contribution in [1.29, 1.82) is 0 Å². The number of nitrogens with one attached hydrogen (secondary N) is 1. The topological polar surface area (TPSA) is 77.6 Å². The molecule has 6 nitrogen and oxygen atoms in total. The summed E-state index contributed by atoms with van der Waals surface area (Å²) in [6.07, 6.45) is -0.0443. The number of H-pyrrole nitrogens is 1. The first-order chi connectivity index (χ1) is 11.9. The maximum atomic E-state index is 12.4. The Morgan fingerprint density at radius 2 is 2.00 bits per heavy atom. The largest absolute Gasteiger partial charge is 0.493 e. The highest BCUT2D eigenvalue weighted by molar-refractivity contribution is 5.77. The van der Waals surface area contributed by atoms with Crippen LogP contribution in [0.4, 0.5) is 8.78 Å². The molecule has 0 amide bonds. The summed E-state index contributed by atoms with van der Waals surface area (Å²) in [6, 6.07) is 5.89. The zero-order chi connectivity index (χ0) is 18.1. The Kier molecular flexibility index (Phi) is 4.43. The lowest BCUT2D eigenvalue weighted by molar-refractivity contribution is -0.135. The second kappa shape index (κ2) is 6.54. The quantitative estimate of drug-likeness (QED) is 0.857. The van der Waals surface area contributed by atoms with Gasteiger partial charge in [-0.2, -0.15) is 8.78 Å². The summed E-state index contributed by atoms with van der Waals surface area (Å²) in [6.45, 7) is -1.31. The van der Waals surface area contributed by atoms with Crippen LogP contribution in [0, 0.1) is 6.92 Å². The highest BCUT2D eigenvalue weighted by Gasteiger charge is 2.32. The van der Waals surface area contributed by atoms with Crippen LogP contribution < -0.4 is 19.8 Å². The molecule has 1 N–H and O–H groups in total. The van der Waals surface area contributed by atoms with E-state index in [0.717, 1.165) is 0 Å². The predicted octanol–water partition coefficient (Wildman–Crippen LogP) is 2.73. The predicted molar refractivity (Wildman–Crippen MR) is 83.5 cm³/mol. The molecule has 2 heterocycles. The molecule has 132 valence electrons. The zero-order valence-corrected chi connectivity index (χ0v) is 13.5. The third kappa shape index (κ3) is 3.33. The molecular weight excluding hydrogens is 336 g/mol. The van der Waals surface area contributed by atoms with Crippen LogP contribution in [0.2, 0.25) is 0 Å². The summed E-state index contributed by atoms with van der Waals surface area (Å²) in [5.41, 5.74) is 1.08. The van der Waals surface area contributed by atoms with Crippen molar-refractivity contribution in [3.63, 3.8) is 0 Å². The monoisotopic (exact) mass is 351 g/mol. The highest BCUT2D eigenvalue weighted by Crippen LogP contribution is 2.39.